The summed E-state index contributed by atoms with van der Waals surface area (Å²) in [6, 6.07) is 18.0. The highest BCUT2D eigenvalue weighted by Crippen LogP contribution is 2.35. The van der Waals surface area contributed by atoms with E-state index in [2.05, 4.69) is 80.4 Å². The van der Waals surface area contributed by atoms with Crippen LogP contribution in [0.25, 0.3) is 10.8 Å². The second-order valence-corrected chi connectivity index (χ2v) is 9.63. The predicted octanol–water partition coefficient (Wildman–Crippen LogP) is 7.55. The van der Waals surface area contributed by atoms with Gasteiger partial charge in [-0.1, -0.05) is 68.3 Å². The minimum absolute atomic E-state index is 1.02. The summed E-state index contributed by atoms with van der Waals surface area (Å²) in [5, 5.41) is 2.82. The standard InChI is InChI=1S/C20H16Br2S2/c21-19-8-16-12-24-10-14-6-5-13(17-3-1-2-4-18(14)17)9-23-11-15(19)7-20(16)22/h1-8H,9-12H2. The zero-order chi connectivity index (χ0) is 16.5. The average Bonchev–Trinajstić information content (AvgIpc) is 2.60. The molecule has 0 amide bonds. The molecule has 4 heteroatoms. The molecule has 4 heterocycles. The molecular formula is C20H16Br2S2. The van der Waals surface area contributed by atoms with Crippen LogP contribution in [0.1, 0.15) is 22.3 Å². The third-order valence-electron chi connectivity index (χ3n) is 4.35. The van der Waals surface area contributed by atoms with Crippen molar-refractivity contribution in [2.75, 3.05) is 0 Å². The van der Waals surface area contributed by atoms with Crippen LogP contribution in [0.5, 0.6) is 0 Å². The molecule has 3 aromatic rings. The number of rotatable bonds is 0. The monoisotopic (exact) mass is 478 g/mol. The molecule has 0 nitrogen and oxygen atoms in total. The zero-order valence-corrected chi connectivity index (χ0v) is 17.8. The first kappa shape index (κ1) is 17.0. The SMILES string of the molecule is Brc1cc2c(Br)cc1CSCc1ccc(c3ccccc13)CSC2. The zero-order valence-electron chi connectivity index (χ0n) is 13.0. The predicted molar refractivity (Wildman–Crippen MR) is 116 cm³/mol. The van der Waals surface area contributed by atoms with E-state index in [1.54, 1.807) is 0 Å². The molecule has 4 aliphatic heterocycles. The maximum Gasteiger partial charge on any atom is 0.0219 e. The average molecular weight is 480 g/mol. The first-order valence-corrected chi connectivity index (χ1v) is 11.7. The molecule has 24 heavy (non-hydrogen) atoms. The second kappa shape index (κ2) is 7.45. The van der Waals surface area contributed by atoms with Crippen molar-refractivity contribution in [3.8, 4) is 0 Å². The maximum atomic E-state index is 3.75. The molecule has 0 radical (unpaired) electrons. The van der Waals surface area contributed by atoms with E-state index < -0.39 is 0 Å². The van der Waals surface area contributed by atoms with Crippen molar-refractivity contribution in [2.45, 2.75) is 23.0 Å². The fraction of sp³-hybridized carbons (Fsp3) is 0.200. The van der Waals surface area contributed by atoms with Crippen LogP contribution in [-0.4, -0.2) is 0 Å². The molecule has 0 aliphatic carbocycles. The van der Waals surface area contributed by atoms with Crippen molar-refractivity contribution in [3.63, 3.8) is 0 Å². The van der Waals surface area contributed by atoms with Crippen LogP contribution in [0.2, 0.25) is 0 Å². The van der Waals surface area contributed by atoms with Crippen molar-refractivity contribution in [3.05, 3.63) is 79.7 Å². The van der Waals surface area contributed by atoms with E-state index in [0.717, 1.165) is 23.0 Å². The van der Waals surface area contributed by atoms with Crippen LogP contribution in [0, 0.1) is 0 Å². The summed E-state index contributed by atoms with van der Waals surface area (Å²) in [6.45, 7) is 0. The topological polar surface area (TPSA) is 0 Å². The van der Waals surface area contributed by atoms with Crippen LogP contribution in [0.15, 0.2) is 57.5 Å². The molecule has 0 atom stereocenters. The Morgan fingerprint density at radius 1 is 0.583 bits per heavy atom. The lowest BCUT2D eigenvalue weighted by atomic mass is 10.0. The van der Waals surface area contributed by atoms with E-state index in [1.165, 1.54) is 42.0 Å². The molecule has 7 rings (SSSR count). The van der Waals surface area contributed by atoms with Crippen LogP contribution in [-0.2, 0) is 23.0 Å². The van der Waals surface area contributed by atoms with Gasteiger partial charge in [-0.2, -0.15) is 23.5 Å². The lowest BCUT2D eigenvalue weighted by molar-refractivity contribution is 1.27. The molecule has 0 saturated carbocycles. The van der Waals surface area contributed by atoms with E-state index in [4.69, 9.17) is 0 Å². The number of hydrogen-bond donors (Lipinski definition) is 0. The summed E-state index contributed by atoms with van der Waals surface area (Å²) in [4.78, 5) is 0. The van der Waals surface area contributed by atoms with Crippen molar-refractivity contribution in [2.24, 2.45) is 0 Å². The Hall–Kier alpha value is -0.420. The third kappa shape index (κ3) is 3.44. The molecule has 0 saturated heterocycles. The molecule has 0 aromatic heterocycles. The van der Waals surface area contributed by atoms with Crippen LogP contribution >= 0.6 is 55.4 Å². The molecule has 0 unspecified atom stereocenters. The molecule has 4 aliphatic rings. The van der Waals surface area contributed by atoms with Gasteiger partial charge in [-0.3, -0.25) is 0 Å². The number of benzene rings is 3. The summed E-state index contributed by atoms with van der Waals surface area (Å²) in [5.74, 6) is 4.12. The normalized spacial score (nSPS) is 14.9. The summed E-state index contributed by atoms with van der Waals surface area (Å²) in [5.41, 5.74) is 5.60. The Balaban J connectivity index is 1.77. The summed E-state index contributed by atoms with van der Waals surface area (Å²) < 4.78 is 2.45. The molecular weight excluding hydrogens is 464 g/mol. The number of thioether (sulfide) groups is 2. The summed E-state index contributed by atoms with van der Waals surface area (Å²) in [7, 11) is 0. The highest BCUT2D eigenvalue weighted by molar-refractivity contribution is 9.11. The van der Waals surface area contributed by atoms with Gasteiger partial charge in [-0.15, -0.1) is 0 Å². The van der Waals surface area contributed by atoms with Crippen molar-refractivity contribution >= 4 is 66.2 Å². The van der Waals surface area contributed by atoms with Crippen LogP contribution < -0.4 is 0 Å². The number of halogens is 2. The second-order valence-electron chi connectivity index (χ2n) is 5.95. The molecule has 3 aromatic carbocycles. The van der Waals surface area contributed by atoms with Crippen LogP contribution in [0.3, 0.4) is 0 Å². The van der Waals surface area contributed by atoms with Gasteiger partial charge in [-0.05, 0) is 45.2 Å². The van der Waals surface area contributed by atoms with E-state index in [0.29, 0.717) is 0 Å². The van der Waals surface area contributed by atoms with Crippen molar-refractivity contribution in [1.82, 2.24) is 0 Å². The fourth-order valence-corrected chi connectivity index (χ4v) is 6.57. The number of hydrogen-bond acceptors (Lipinski definition) is 2. The quantitative estimate of drug-likeness (QED) is 0.326. The van der Waals surface area contributed by atoms with Gasteiger partial charge in [0.1, 0.15) is 0 Å². The molecule has 0 N–H and O–H groups in total. The fourth-order valence-electron chi connectivity index (χ4n) is 3.07. The van der Waals surface area contributed by atoms with Gasteiger partial charge in [0.15, 0.2) is 0 Å². The van der Waals surface area contributed by atoms with Gasteiger partial charge in [0, 0.05) is 32.0 Å². The largest absolute Gasteiger partial charge is 0.152 e. The molecule has 122 valence electrons. The van der Waals surface area contributed by atoms with Gasteiger partial charge in [0.25, 0.3) is 0 Å². The van der Waals surface area contributed by atoms with E-state index in [-0.39, 0.29) is 0 Å². The maximum absolute atomic E-state index is 3.75. The Morgan fingerprint density at radius 2 is 1.00 bits per heavy atom. The minimum Gasteiger partial charge on any atom is -0.152 e. The summed E-state index contributed by atoms with van der Waals surface area (Å²) >= 11 is 11.5. The van der Waals surface area contributed by atoms with Gasteiger partial charge < -0.3 is 0 Å². The van der Waals surface area contributed by atoms with E-state index in [1.807, 2.05) is 23.5 Å². The van der Waals surface area contributed by atoms with Gasteiger partial charge >= 0.3 is 0 Å². The lowest BCUT2D eigenvalue weighted by Gasteiger charge is -2.15. The highest BCUT2D eigenvalue weighted by atomic mass is 79.9. The first-order valence-electron chi connectivity index (χ1n) is 7.84. The Morgan fingerprint density at radius 3 is 1.46 bits per heavy atom. The van der Waals surface area contributed by atoms with E-state index in [9.17, 15) is 0 Å². The molecule has 0 spiro atoms. The highest BCUT2D eigenvalue weighted by Gasteiger charge is 2.11. The van der Waals surface area contributed by atoms with Gasteiger partial charge in [0.2, 0.25) is 0 Å². The van der Waals surface area contributed by atoms with Crippen molar-refractivity contribution in [1.29, 1.82) is 0 Å². The smallest absolute Gasteiger partial charge is 0.0219 e. The van der Waals surface area contributed by atoms with Crippen molar-refractivity contribution < 1.29 is 0 Å². The Kier molecular flexibility index (Phi) is 5.28. The third-order valence-corrected chi connectivity index (χ3v) is 7.89. The first-order chi connectivity index (χ1) is 11.7. The molecule has 0 fully saturated rings. The van der Waals surface area contributed by atoms with E-state index >= 15 is 0 Å². The molecule has 4 bridgehead atoms. The lowest BCUT2D eigenvalue weighted by Crippen LogP contribution is -1.94. The summed E-state index contributed by atoms with van der Waals surface area (Å²) in [6.07, 6.45) is 0. The van der Waals surface area contributed by atoms with Gasteiger partial charge in [-0.25, -0.2) is 0 Å². The Labute approximate surface area is 168 Å². The van der Waals surface area contributed by atoms with Crippen LogP contribution in [0.4, 0.5) is 0 Å². The minimum atomic E-state index is 1.02. The Bertz CT molecular complexity index is 831. The van der Waals surface area contributed by atoms with Gasteiger partial charge in [0.05, 0.1) is 0 Å².